The molecule has 0 unspecified atom stereocenters. The maximum Gasteiger partial charge on any atom is 0.259 e. The van der Waals surface area contributed by atoms with Crippen LogP contribution in [0.3, 0.4) is 0 Å². The molecule has 0 saturated heterocycles. The molecular weight excluding hydrogens is 321 g/mol. The number of carbonyl (C=O) groups is 1. The van der Waals surface area contributed by atoms with Crippen molar-refractivity contribution in [2.45, 2.75) is 13.8 Å². The van der Waals surface area contributed by atoms with Crippen LogP contribution >= 0.6 is 23.2 Å². The van der Waals surface area contributed by atoms with Crippen LogP contribution in [0.1, 0.15) is 17.0 Å². The van der Waals surface area contributed by atoms with E-state index in [0.717, 1.165) is 22.6 Å². The van der Waals surface area contributed by atoms with Gasteiger partial charge in [0.2, 0.25) is 0 Å². The Morgan fingerprint density at radius 1 is 1.32 bits per heavy atom. The molecule has 1 aromatic heterocycles. The number of nitriles is 1. The standard InChI is InChI=1S/C16H13Cl2N3O/c1-9-5-11(6-12(8-19)16(20)22)10(2)21(9)15-7-13(17)3-4-14(15)18/h3-7H,1-2H3,(H2,20,22)/b12-6+. The summed E-state index contributed by atoms with van der Waals surface area (Å²) < 4.78 is 1.91. The first-order valence-electron chi connectivity index (χ1n) is 6.41. The highest BCUT2D eigenvalue weighted by atomic mass is 35.5. The predicted octanol–water partition coefficient (Wildman–Crippen LogP) is 3.79. The summed E-state index contributed by atoms with van der Waals surface area (Å²) in [6.07, 6.45) is 1.47. The van der Waals surface area contributed by atoms with Crippen LogP contribution in [-0.4, -0.2) is 10.5 Å². The van der Waals surface area contributed by atoms with Crippen molar-refractivity contribution in [3.8, 4) is 11.8 Å². The summed E-state index contributed by atoms with van der Waals surface area (Å²) >= 11 is 12.3. The molecule has 2 rings (SSSR count). The molecule has 1 aromatic carbocycles. The van der Waals surface area contributed by atoms with E-state index in [9.17, 15) is 4.79 Å². The third-order valence-electron chi connectivity index (χ3n) is 3.31. The van der Waals surface area contributed by atoms with Crippen LogP contribution < -0.4 is 5.73 Å². The number of benzene rings is 1. The predicted molar refractivity (Wildman–Crippen MR) is 88.0 cm³/mol. The molecule has 0 atom stereocenters. The Hall–Kier alpha value is -2.22. The Kier molecular flexibility index (Phi) is 4.60. The van der Waals surface area contributed by atoms with Gasteiger partial charge in [-0.2, -0.15) is 5.26 Å². The number of amides is 1. The van der Waals surface area contributed by atoms with E-state index in [4.69, 9.17) is 34.2 Å². The van der Waals surface area contributed by atoms with E-state index in [1.807, 2.05) is 24.5 Å². The number of aromatic nitrogens is 1. The number of primary amides is 1. The largest absolute Gasteiger partial charge is 0.365 e. The molecule has 1 amide bonds. The fourth-order valence-corrected chi connectivity index (χ4v) is 2.64. The Labute approximate surface area is 138 Å². The lowest BCUT2D eigenvalue weighted by Gasteiger charge is -2.12. The van der Waals surface area contributed by atoms with Crippen LogP contribution in [-0.2, 0) is 4.79 Å². The molecule has 0 radical (unpaired) electrons. The third kappa shape index (κ3) is 3.01. The van der Waals surface area contributed by atoms with Crippen molar-refractivity contribution in [2.24, 2.45) is 5.73 Å². The van der Waals surface area contributed by atoms with Gasteiger partial charge < -0.3 is 10.3 Å². The summed E-state index contributed by atoms with van der Waals surface area (Å²) in [4.78, 5) is 11.2. The summed E-state index contributed by atoms with van der Waals surface area (Å²) in [6.45, 7) is 3.77. The topological polar surface area (TPSA) is 71.8 Å². The van der Waals surface area contributed by atoms with Crippen LogP contribution in [0.4, 0.5) is 0 Å². The lowest BCUT2D eigenvalue weighted by atomic mass is 10.1. The van der Waals surface area contributed by atoms with E-state index in [-0.39, 0.29) is 5.57 Å². The number of hydrogen-bond donors (Lipinski definition) is 1. The van der Waals surface area contributed by atoms with Crippen molar-refractivity contribution in [1.29, 1.82) is 5.26 Å². The maximum atomic E-state index is 11.2. The van der Waals surface area contributed by atoms with E-state index in [0.29, 0.717) is 10.0 Å². The maximum absolute atomic E-state index is 11.2. The van der Waals surface area contributed by atoms with Gasteiger partial charge in [0.05, 0.1) is 10.7 Å². The van der Waals surface area contributed by atoms with E-state index < -0.39 is 5.91 Å². The quantitative estimate of drug-likeness (QED) is 0.685. The summed E-state index contributed by atoms with van der Waals surface area (Å²) in [5, 5.41) is 10.1. The van der Waals surface area contributed by atoms with Crippen molar-refractivity contribution in [2.75, 3.05) is 0 Å². The minimum Gasteiger partial charge on any atom is -0.365 e. The monoisotopic (exact) mass is 333 g/mol. The third-order valence-corrected chi connectivity index (χ3v) is 3.86. The van der Waals surface area contributed by atoms with Gasteiger partial charge in [-0.1, -0.05) is 23.2 Å². The normalized spacial score (nSPS) is 11.3. The molecule has 0 saturated carbocycles. The van der Waals surface area contributed by atoms with Crippen LogP contribution in [0.25, 0.3) is 11.8 Å². The average molecular weight is 334 g/mol. The number of nitrogens with two attached hydrogens (primary N) is 1. The van der Waals surface area contributed by atoms with Crippen LogP contribution in [0.5, 0.6) is 0 Å². The van der Waals surface area contributed by atoms with Crippen LogP contribution in [0, 0.1) is 25.2 Å². The summed E-state index contributed by atoms with van der Waals surface area (Å²) in [5.74, 6) is -0.756. The Bertz CT molecular complexity index is 829. The first-order valence-corrected chi connectivity index (χ1v) is 7.16. The summed E-state index contributed by atoms with van der Waals surface area (Å²) in [7, 11) is 0. The lowest BCUT2D eigenvalue weighted by molar-refractivity contribution is -0.114. The molecule has 0 spiro atoms. The minimum absolute atomic E-state index is 0.0996. The molecule has 2 aromatic rings. The highest BCUT2D eigenvalue weighted by Crippen LogP contribution is 2.29. The van der Waals surface area contributed by atoms with E-state index in [2.05, 4.69) is 0 Å². The number of nitrogens with zero attached hydrogens (tertiary/aromatic N) is 2. The van der Waals surface area contributed by atoms with Crippen molar-refractivity contribution < 1.29 is 4.79 Å². The summed E-state index contributed by atoms with van der Waals surface area (Å²) in [5.41, 5.74) is 8.26. The van der Waals surface area contributed by atoms with Crippen molar-refractivity contribution >= 4 is 35.2 Å². The molecular formula is C16H13Cl2N3O. The smallest absolute Gasteiger partial charge is 0.259 e. The molecule has 22 heavy (non-hydrogen) atoms. The zero-order valence-electron chi connectivity index (χ0n) is 12.0. The molecule has 112 valence electrons. The van der Waals surface area contributed by atoms with Gasteiger partial charge in [-0.25, -0.2) is 0 Å². The molecule has 1 heterocycles. The Morgan fingerprint density at radius 2 is 2.00 bits per heavy atom. The van der Waals surface area contributed by atoms with Gasteiger partial charge in [-0.05, 0) is 49.8 Å². The number of carbonyl (C=O) groups excluding carboxylic acids is 1. The average Bonchev–Trinajstić information content (AvgIpc) is 2.73. The van der Waals surface area contributed by atoms with Gasteiger partial charge in [0, 0.05) is 16.4 Å². The SMILES string of the molecule is Cc1cc(/C=C(\C#N)C(N)=O)c(C)n1-c1cc(Cl)ccc1Cl. The van der Waals surface area contributed by atoms with Gasteiger partial charge in [-0.15, -0.1) is 0 Å². The fourth-order valence-electron chi connectivity index (χ4n) is 2.28. The fraction of sp³-hybridized carbons (Fsp3) is 0.125. The lowest BCUT2D eigenvalue weighted by Crippen LogP contribution is -2.12. The second-order valence-electron chi connectivity index (χ2n) is 4.79. The number of hydrogen-bond acceptors (Lipinski definition) is 2. The first kappa shape index (κ1) is 16.2. The zero-order valence-corrected chi connectivity index (χ0v) is 13.5. The molecule has 0 aliphatic carbocycles. The summed E-state index contributed by atoms with van der Waals surface area (Å²) in [6, 6.07) is 8.84. The number of halogens is 2. The molecule has 6 heteroatoms. The first-order chi connectivity index (χ1) is 10.3. The van der Waals surface area contributed by atoms with Gasteiger partial charge in [0.25, 0.3) is 5.91 Å². The zero-order chi connectivity index (χ0) is 16.4. The van der Waals surface area contributed by atoms with E-state index in [1.165, 1.54) is 6.08 Å². The molecule has 0 bridgehead atoms. The second-order valence-corrected chi connectivity index (χ2v) is 5.64. The van der Waals surface area contributed by atoms with Crippen LogP contribution in [0.2, 0.25) is 10.0 Å². The Balaban J connectivity index is 2.65. The van der Waals surface area contributed by atoms with E-state index >= 15 is 0 Å². The second kappa shape index (κ2) is 6.27. The highest BCUT2D eigenvalue weighted by molar-refractivity contribution is 6.34. The highest BCUT2D eigenvalue weighted by Gasteiger charge is 2.14. The van der Waals surface area contributed by atoms with Crippen molar-refractivity contribution in [3.63, 3.8) is 0 Å². The van der Waals surface area contributed by atoms with Crippen LogP contribution in [0.15, 0.2) is 29.8 Å². The van der Waals surface area contributed by atoms with Gasteiger partial charge in [0.1, 0.15) is 11.6 Å². The number of aryl methyl sites for hydroxylation is 1. The van der Waals surface area contributed by atoms with Gasteiger partial charge >= 0.3 is 0 Å². The molecule has 0 aliphatic rings. The Morgan fingerprint density at radius 3 is 2.59 bits per heavy atom. The van der Waals surface area contributed by atoms with Crippen molar-refractivity contribution in [3.05, 3.63) is 56.8 Å². The molecule has 2 N–H and O–H groups in total. The molecule has 4 nitrogen and oxygen atoms in total. The van der Waals surface area contributed by atoms with Crippen molar-refractivity contribution in [1.82, 2.24) is 4.57 Å². The number of rotatable bonds is 3. The van der Waals surface area contributed by atoms with E-state index in [1.54, 1.807) is 24.3 Å². The molecule has 0 fully saturated rings. The molecule has 0 aliphatic heterocycles. The minimum atomic E-state index is -0.756. The van der Waals surface area contributed by atoms with Gasteiger partial charge in [-0.3, -0.25) is 4.79 Å². The van der Waals surface area contributed by atoms with Gasteiger partial charge in [0.15, 0.2) is 0 Å².